The van der Waals surface area contributed by atoms with Crippen LogP contribution in [0.4, 0.5) is 4.39 Å². The van der Waals surface area contributed by atoms with Gasteiger partial charge in [-0.05, 0) is 48.5 Å². The first-order valence-corrected chi connectivity index (χ1v) is 7.23. The molecule has 2 aromatic rings. The monoisotopic (exact) mass is 353 g/mol. The van der Waals surface area contributed by atoms with Gasteiger partial charge in [-0.25, -0.2) is 4.39 Å². The van der Waals surface area contributed by atoms with Gasteiger partial charge in [0.05, 0.1) is 20.3 Å². The fourth-order valence-corrected chi connectivity index (χ4v) is 2.71. The van der Waals surface area contributed by atoms with E-state index < -0.39 is 0 Å². The van der Waals surface area contributed by atoms with Gasteiger partial charge in [-0.2, -0.15) is 0 Å². The molecule has 0 aliphatic rings. The topological polar surface area (TPSA) is 30.5 Å². The van der Waals surface area contributed by atoms with Crippen LogP contribution in [0.1, 0.15) is 17.2 Å². The Bertz CT molecular complexity index is 611. The van der Waals surface area contributed by atoms with Gasteiger partial charge in [0.15, 0.2) is 0 Å². The number of halogens is 2. The highest BCUT2D eigenvalue weighted by Crippen LogP contribution is 2.33. The molecule has 112 valence electrons. The number of nitrogens with one attached hydrogen (secondary N) is 1. The molecule has 0 aromatic heterocycles. The number of rotatable bonds is 5. The van der Waals surface area contributed by atoms with E-state index in [9.17, 15) is 4.39 Å². The van der Waals surface area contributed by atoms with E-state index >= 15 is 0 Å². The number of hydrogen-bond donors (Lipinski definition) is 1. The van der Waals surface area contributed by atoms with Gasteiger partial charge in [0.25, 0.3) is 0 Å². The Morgan fingerprint density at radius 3 is 2.19 bits per heavy atom. The third-order valence-corrected chi connectivity index (χ3v) is 3.99. The summed E-state index contributed by atoms with van der Waals surface area (Å²) >= 11 is 3.47. The first-order valence-electron chi connectivity index (χ1n) is 6.44. The summed E-state index contributed by atoms with van der Waals surface area (Å²) < 4.78 is 25.0. The van der Waals surface area contributed by atoms with E-state index in [1.165, 1.54) is 12.1 Å². The van der Waals surface area contributed by atoms with Crippen molar-refractivity contribution < 1.29 is 13.9 Å². The predicted octanol–water partition coefficient (Wildman–Crippen LogP) is 3.91. The van der Waals surface area contributed by atoms with E-state index in [0.29, 0.717) is 11.5 Å². The Kier molecular flexibility index (Phi) is 5.20. The quantitative estimate of drug-likeness (QED) is 0.883. The number of benzene rings is 2. The zero-order valence-electron chi connectivity index (χ0n) is 12.1. The van der Waals surface area contributed by atoms with Crippen LogP contribution in [0.25, 0.3) is 0 Å². The summed E-state index contributed by atoms with van der Waals surface area (Å²) in [5.41, 5.74) is 1.74. The molecule has 1 N–H and O–H groups in total. The molecule has 0 aliphatic heterocycles. The van der Waals surface area contributed by atoms with Gasteiger partial charge in [-0.3, -0.25) is 0 Å². The molecule has 0 bridgehead atoms. The van der Waals surface area contributed by atoms with E-state index in [1.807, 2.05) is 19.2 Å². The maximum atomic E-state index is 13.6. The maximum Gasteiger partial charge on any atom is 0.123 e. The van der Waals surface area contributed by atoms with Crippen molar-refractivity contribution in [2.24, 2.45) is 0 Å². The average molecular weight is 354 g/mol. The second kappa shape index (κ2) is 6.91. The molecule has 0 spiro atoms. The number of hydrogen-bond acceptors (Lipinski definition) is 3. The van der Waals surface area contributed by atoms with Gasteiger partial charge >= 0.3 is 0 Å². The number of methoxy groups -OCH3 is 2. The fourth-order valence-electron chi connectivity index (χ4n) is 2.23. The first kappa shape index (κ1) is 15.8. The van der Waals surface area contributed by atoms with Crippen molar-refractivity contribution in [3.63, 3.8) is 0 Å². The highest BCUT2D eigenvalue weighted by molar-refractivity contribution is 9.10. The summed E-state index contributed by atoms with van der Waals surface area (Å²) in [4.78, 5) is 0. The van der Waals surface area contributed by atoms with Crippen molar-refractivity contribution in [2.45, 2.75) is 6.04 Å². The lowest BCUT2D eigenvalue weighted by atomic mass is 9.98. The Morgan fingerprint density at radius 1 is 1.05 bits per heavy atom. The van der Waals surface area contributed by atoms with Crippen LogP contribution in [-0.4, -0.2) is 21.3 Å². The molecule has 0 saturated heterocycles. The smallest absolute Gasteiger partial charge is 0.123 e. The van der Waals surface area contributed by atoms with Gasteiger partial charge in [0.2, 0.25) is 0 Å². The van der Waals surface area contributed by atoms with E-state index in [-0.39, 0.29) is 11.9 Å². The molecule has 0 heterocycles. The second-order valence-electron chi connectivity index (χ2n) is 4.53. The SMILES string of the molecule is CNC(c1cc(OC)cc(OC)c1)c1cc(F)ccc1Br. The van der Waals surface area contributed by atoms with Gasteiger partial charge < -0.3 is 14.8 Å². The van der Waals surface area contributed by atoms with Crippen LogP contribution in [0.15, 0.2) is 40.9 Å². The first-order chi connectivity index (χ1) is 10.1. The largest absolute Gasteiger partial charge is 0.497 e. The molecule has 21 heavy (non-hydrogen) atoms. The lowest BCUT2D eigenvalue weighted by Crippen LogP contribution is -2.18. The minimum absolute atomic E-state index is 0.181. The molecular weight excluding hydrogens is 337 g/mol. The molecule has 0 amide bonds. The molecule has 2 aromatic carbocycles. The van der Waals surface area contributed by atoms with Gasteiger partial charge in [-0.1, -0.05) is 15.9 Å². The summed E-state index contributed by atoms with van der Waals surface area (Å²) in [6.07, 6.45) is 0. The van der Waals surface area contributed by atoms with E-state index in [1.54, 1.807) is 26.4 Å². The van der Waals surface area contributed by atoms with Crippen molar-refractivity contribution in [1.82, 2.24) is 5.32 Å². The minimum atomic E-state index is -0.275. The zero-order valence-corrected chi connectivity index (χ0v) is 13.7. The normalized spacial score (nSPS) is 12.0. The standard InChI is InChI=1S/C16H17BrFNO2/c1-19-16(14-8-11(18)4-5-15(14)17)10-6-12(20-2)9-13(7-10)21-3/h4-9,16,19H,1-3H3. The Balaban J connectivity index is 2.52. The predicted molar refractivity (Wildman–Crippen MR) is 84.5 cm³/mol. The van der Waals surface area contributed by atoms with Crippen molar-refractivity contribution >= 4 is 15.9 Å². The van der Waals surface area contributed by atoms with Crippen LogP contribution >= 0.6 is 15.9 Å². The van der Waals surface area contributed by atoms with E-state index in [2.05, 4.69) is 21.2 Å². The van der Waals surface area contributed by atoms with E-state index in [4.69, 9.17) is 9.47 Å². The Hall–Kier alpha value is -1.59. The van der Waals surface area contributed by atoms with Crippen molar-refractivity contribution in [3.05, 3.63) is 57.8 Å². The Labute approximate surface area is 132 Å². The molecule has 0 radical (unpaired) electrons. The molecule has 1 atom stereocenters. The second-order valence-corrected chi connectivity index (χ2v) is 5.39. The summed E-state index contributed by atoms with van der Waals surface area (Å²) in [6, 6.07) is 10.1. The number of ether oxygens (including phenoxy) is 2. The molecule has 0 aliphatic carbocycles. The van der Waals surface area contributed by atoms with Crippen LogP contribution in [-0.2, 0) is 0 Å². The summed E-state index contributed by atoms with van der Waals surface area (Å²) in [7, 11) is 5.03. The molecule has 0 saturated carbocycles. The maximum absolute atomic E-state index is 13.6. The lowest BCUT2D eigenvalue weighted by molar-refractivity contribution is 0.392. The van der Waals surface area contributed by atoms with Crippen molar-refractivity contribution in [1.29, 1.82) is 0 Å². The molecular formula is C16H17BrFNO2. The molecule has 2 rings (SSSR count). The summed E-state index contributed by atoms with van der Waals surface area (Å²) in [5, 5.41) is 3.20. The van der Waals surface area contributed by atoms with Crippen molar-refractivity contribution in [3.8, 4) is 11.5 Å². The third kappa shape index (κ3) is 3.54. The van der Waals surface area contributed by atoms with Crippen molar-refractivity contribution in [2.75, 3.05) is 21.3 Å². The Morgan fingerprint density at radius 2 is 1.67 bits per heavy atom. The summed E-state index contributed by atoms with van der Waals surface area (Å²) in [5.74, 6) is 1.11. The van der Waals surface area contributed by atoms with Gasteiger partial charge in [0, 0.05) is 10.5 Å². The molecule has 0 fully saturated rings. The third-order valence-electron chi connectivity index (χ3n) is 3.26. The minimum Gasteiger partial charge on any atom is -0.497 e. The van der Waals surface area contributed by atoms with Crippen LogP contribution in [0.3, 0.4) is 0 Å². The zero-order chi connectivity index (χ0) is 15.4. The average Bonchev–Trinajstić information content (AvgIpc) is 2.51. The van der Waals surface area contributed by atoms with Crippen LogP contribution < -0.4 is 14.8 Å². The van der Waals surface area contributed by atoms with Crippen LogP contribution in [0.2, 0.25) is 0 Å². The molecule has 1 unspecified atom stereocenters. The highest BCUT2D eigenvalue weighted by Gasteiger charge is 2.17. The molecule has 5 heteroatoms. The molecule has 3 nitrogen and oxygen atoms in total. The fraction of sp³-hybridized carbons (Fsp3) is 0.250. The van der Waals surface area contributed by atoms with E-state index in [0.717, 1.165) is 15.6 Å². The van der Waals surface area contributed by atoms with Crippen LogP contribution in [0, 0.1) is 5.82 Å². The summed E-state index contributed by atoms with van der Waals surface area (Å²) in [6.45, 7) is 0. The highest BCUT2D eigenvalue weighted by atomic mass is 79.9. The van der Waals surface area contributed by atoms with Crippen LogP contribution in [0.5, 0.6) is 11.5 Å². The lowest BCUT2D eigenvalue weighted by Gasteiger charge is -2.20. The van der Waals surface area contributed by atoms with Gasteiger partial charge in [0.1, 0.15) is 17.3 Å². The van der Waals surface area contributed by atoms with Gasteiger partial charge in [-0.15, -0.1) is 0 Å².